The van der Waals surface area contributed by atoms with Crippen LogP contribution in [0.3, 0.4) is 0 Å². The molecule has 1 heterocycles. The fourth-order valence-electron chi connectivity index (χ4n) is 6.90. The van der Waals surface area contributed by atoms with Gasteiger partial charge < -0.3 is 30.3 Å². The molecule has 284 valence electrons. The van der Waals surface area contributed by atoms with Gasteiger partial charge in [0.15, 0.2) is 0 Å². The number of pyridine rings is 1. The molecule has 5 N–H and O–H groups in total. The minimum Gasteiger partial charge on any atom is -0.490 e. The second-order valence-corrected chi connectivity index (χ2v) is 16.7. The third-order valence-corrected chi connectivity index (χ3v) is 12.6. The number of aryl methyl sites for hydroxylation is 2. The van der Waals surface area contributed by atoms with E-state index in [1.54, 1.807) is 19.2 Å². The van der Waals surface area contributed by atoms with Crippen molar-refractivity contribution in [2.24, 2.45) is 5.92 Å². The molecule has 12 heteroatoms. The first kappa shape index (κ1) is 40.0. The van der Waals surface area contributed by atoms with Crippen molar-refractivity contribution in [3.63, 3.8) is 0 Å². The van der Waals surface area contributed by atoms with Crippen LogP contribution in [-0.2, 0) is 26.7 Å². The average molecular weight is 739 g/mol. The van der Waals surface area contributed by atoms with E-state index in [1.165, 1.54) is 9.87 Å². The summed E-state index contributed by atoms with van der Waals surface area (Å²) in [6.45, 7) is 0.965. The lowest BCUT2D eigenvalue weighted by Crippen LogP contribution is -2.45. The molecule has 3 aromatic rings. The topological polar surface area (TPSA) is 178 Å². The van der Waals surface area contributed by atoms with E-state index in [0.29, 0.717) is 25.4 Å². The molecule has 0 spiro atoms. The zero-order chi connectivity index (χ0) is 37.5. The molecule has 4 atom stereocenters. The molecule has 0 amide bonds. The maximum atomic E-state index is 13.6. The number of benzene rings is 2. The summed E-state index contributed by atoms with van der Waals surface area (Å²) in [5.74, 6) is -0.296. The van der Waals surface area contributed by atoms with Gasteiger partial charge in [-0.15, -0.1) is 0 Å². The van der Waals surface area contributed by atoms with Gasteiger partial charge >= 0.3 is 0 Å². The number of Topliss-reactive ketones (excluding diaryl/α,β-unsaturated/α-hetero) is 1. The van der Waals surface area contributed by atoms with Crippen molar-refractivity contribution < 1.29 is 43.5 Å². The van der Waals surface area contributed by atoms with Crippen LogP contribution in [0.2, 0.25) is 0 Å². The fourth-order valence-corrected chi connectivity index (χ4v) is 8.16. The molecule has 2 aromatic carbocycles. The van der Waals surface area contributed by atoms with Gasteiger partial charge in [-0.25, -0.2) is 12.7 Å². The number of hydrogen-bond donors (Lipinski definition) is 5. The molecule has 0 radical (unpaired) electrons. The first-order valence-corrected chi connectivity index (χ1v) is 19.9. The number of carbonyl (C=O) groups excluding carboxylic acids is 1. The van der Waals surface area contributed by atoms with Crippen molar-refractivity contribution in [1.82, 2.24) is 9.29 Å². The van der Waals surface area contributed by atoms with Gasteiger partial charge in [-0.3, -0.25) is 9.78 Å². The monoisotopic (exact) mass is 738 g/mol. The van der Waals surface area contributed by atoms with Crippen molar-refractivity contribution in [2.75, 3.05) is 26.8 Å². The van der Waals surface area contributed by atoms with Crippen LogP contribution in [-0.4, -0.2) is 100 Å². The largest absolute Gasteiger partial charge is 0.490 e. The van der Waals surface area contributed by atoms with E-state index in [1.807, 2.05) is 43.6 Å². The zero-order valence-corrected chi connectivity index (χ0v) is 31.0. The number of nitrogens with zero attached hydrogens (tertiary/aromatic N) is 2. The van der Waals surface area contributed by atoms with Gasteiger partial charge in [0.05, 0.1) is 23.7 Å². The Labute approximate surface area is 307 Å². The van der Waals surface area contributed by atoms with E-state index in [4.69, 9.17) is 9.84 Å². The molecule has 2 aliphatic carbocycles. The number of para-hydroxylation sites is 1. The molecule has 0 unspecified atom stereocenters. The molecule has 5 rings (SSSR count). The molecule has 0 aliphatic heterocycles. The Morgan fingerprint density at radius 3 is 2.42 bits per heavy atom. The average Bonchev–Trinajstić information content (AvgIpc) is 4.10. The van der Waals surface area contributed by atoms with Gasteiger partial charge in [0, 0.05) is 56.9 Å². The second-order valence-electron chi connectivity index (χ2n) is 14.7. The maximum Gasteiger partial charge on any atom is 0.242 e. The zero-order valence-electron chi connectivity index (χ0n) is 30.2. The Morgan fingerprint density at radius 1 is 0.981 bits per heavy atom. The van der Waals surface area contributed by atoms with Gasteiger partial charge in [-0.1, -0.05) is 30.7 Å². The summed E-state index contributed by atoms with van der Waals surface area (Å²) >= 11 is 0. The van der Waals surface area contributed by atoms with Gasteiger partial charge in [-0.2, -0.15) is 0 Å². The van der Waals surface area contributed by atoms with E-state index in [0.717, 1.165) is 66.5 Å². The number of aliphatic hydroxyl groups is 5. The van der Waals surface area contributed by atoms with E-state index < -0.39 is 47.5 Å². The summed E-state index contributed by atoms with van der Waals surface area (Å²) in [5, 5.41) is 48.2. The van der Waals surface area contributed by atoms with Crippen molar-refractivity contribution >= 4 is 15.8 Å². The summed E-state index contributed by atoms with van der Waals surface area (Å²) in [6, 6.07) is 15.6. The van der Waals surface area contributed by atoms with E-state index in [-0.39, 0.29) is 35.5 Å². The van der Waals surface area contributed by atoms with Crippen LogP contribution in [0.25, 0.3) is 11.1 Å². The highest BCUT2D eigenvalue weighted by atomic mass is 32.2. The molecule has 2 saturated carbocycles. The van der Waals surface area contributed by atoms with Crippen LogP contribution in [0, 0.1) is 12.8 Å². The van der Waals surface area contributed by atoms with Crippen LogP contribution in [0.1, 0.15) is 80.9 Å². The van der Waals surface area contributed by atoms with Crippen molar-refractivity contribution in [3.05, 3.63) is 77.6 Å². The highest BCUT2D eigenvalue weighted by Crippen LogP contribution is 2.55. The number of aromatic nitrogens is 1. The van der Waals surface area contributed by atoms with E-state index in [9.17, 15) is 33.6 Å². The second kappa shape index (κ2) is 17.7. The molecule has 0 saturated heterocycles. The SMILES string of the molecule is Cc1ccc(S(=O)(=O)N(C)CCCCCC(=O)C[C@@H](CO)[C@@H](O)[C@H](O)[C@H](O)CO)cc1CCC1(c2cnccc2-c2ccccc2OC2CC2)CC1. The van der Waals surface area contributed by atoms with Crippen LogP contribution < -0.4 is 4.74 Å². The Kier molecular flexibility index (Phi) is 13.6. The molecular formula is C40H54N2O9S. The number of hydrogen-bond acceptors (Lipinski definition) is 10. The molecule has 11 nitrogen and oxygen atoms in total. The number of aliphatic hydroxyl groups excluding tert-OH is 5. The van der Waals surface area contributed by atoms with Crippen LogP contribution in [0.15, 0.2) is 65.8 Å². The molecule has 0 bridgehead atoms. The number of rotatable bonds is 22. The number of ketones is 1. The predicted octanol–water partition coefficient (Wildman–Crippen LogP) is 4.09. The Bertz CT molecular complexity index is 1760. The van der Waals surface area contributed by atoms with Crippen molar-refractivity contribution in [2.45, 2.75) is 112 Å². The number of sulfonamides is 1. The van der Waals surface area contributed by atoms with Crippen molar-refractivity contribution in [3.8, 4) is 16.9 Å². The smallest absolute Gasteiger partial charge is 0.242 e. The van der Waals surface area contributed by atoms with Crippen LogP contribution >= 0.6 is 0 Å². The molecular weight excluding hydrogens is 685 g/mol. The Morgan fingerprint density at radius 2 is 1.73 bits per heavy atom. The van der Waals surface area contributed by atoms with Gasteiger partial charge in [-0.05, 0) is 110 Å². The minimum atomic E-state index is -3.75. The van der Waals surface area contributed by atoms with Gasteiger partial charge in [0.2, 0.25) is 10.0 Å². The molecule has 2 aliphatic rings. The molecule has 52 heavy (non-hydrogen) atoms. The highest BCUT2D eigenvalue weighted by Gasteiger charge is 2.45. The normalized spacial score (nSPS) is 17.8. The summed E-state index contributed by atoms with van der Waals surface area (Å²) in [5.41, 5.74) is 5.47. The standard InChI is InChI=1S/C40H54N2O9S/c1-27-11-14-32(52(49,50)42(2)21-7-3-4-8-30(45)22-29(25-43)38(47)39(48)36(46)26-44)23-28(27)15-17-40(18-19-40)35-24-41-20-16-33(35)34-9-5-6-10-37(34)51-31-12-13-31/h5-6,9-11,14,16,20,23-24,29,31,36,38-39,43-44,46-48H,3-4,7-8,12-13,15,17-19,21-22,25-26H2,1-2H3/t29-,36+,38+,39+/m0/s1. The maximum absolute atomic E-state index is 13.6. The quantitative estimate of drug-likeness (QED) is 0.0944. The minimum absolute atomic E-state index is 0.0295. The Balaban J connectivity index is 1.15. The van der Waals surface area contributed by atoms with Gasteiger partial charge in [0.1, 0.15) is 23.7 Å². The van der Waals surface area contributed by atoms with Crippen LogP contribution in [0.5, 0.6) is 5.75 Å². The van der Waals surface area contributed by atoms with Gasteiger partial charge in [0.25, 0.3) is 0 Å². The highest BCUT2D eigenvalue weighted by molar-refractivity contribution is 7.89. The van der Waals surface area contributed by atoms with Crippen LogP contribution in [0.4, 0.5) is 0 Å². The summed E-state index contributed by atoms with van der Waals surface area (Å²) in [7, 11) is -2.18. The van der Waals surface area contributed by atoms with Crippen molar-refractivity contribution in [1.29, 1.82) is 0 Å². The first-order chi connectivity index (χ1) is 24.9. The molecule has 1 aromatic heterocycles. The van der Waals surface area contributed by atoms with E-state index >= 15 is 0 Å². The molecule has 2 fully saturated rings. The lowest BCUT2D eigenvalue weighted by Gasteiger charge is -2.27. The number of ether oxygens (including phenoxy) is 1. The first-order valence-electron chi connectivity index (χ1n) is 18.4. The number of carbonyl (C=O) groups is 1. The summed E-state index contributed by atoms with van der Waals surface area (Å²) in [6.07, 6.45) is 6.76. The fraction of sp³-hybridized carbons (Fsp3) is 0.550. The lowest BCUT2D eigenvalue weighted by molar-refractivity contribution is -0.127. The lowest BCUT2D eigenvalue weighted by atomic mass is 9.85. The van der Waals surface area contributed by atoms with E-state index in [2.05, 4.69) is 17.1 Å². The number of unbranched alkanes of at least 4 members (excludes halogenated alkanes) is 2. The predicted molar refractivity (Wildman–Crippen MR) is 197 cm³/mol. The Hall–Kier alpha value is -3.23. The summed E-state index contributed by atoms with van der Waals surface area (Å²) < 4.78 is 34.8. The third kappa shape index (κ3) is 9.84. The summed E-state index contributed by atoms with van der Waals surface area (Å²) in [4.78, 5) is 17.3. The third-order valence-electron chi connectivity index (χ3n) is 10.7.